The molecule has 120 valence electrons. The molecule has 1 rings (SSSR count). The van der Waals surface area contributed by atoms with E-state index in [1.165, 1.54) is 24.3 Å². The quantitative estimate of drug-likeness (QED) is 0.528. The van der Waals surface area contributed by atoms with Crippen LogP contribution in [0.5, 0.6) is 5.75 Å². The molecule has 0 aliphatic heterocycles. The highest BCUT2D eigenvalue weighted by molar-refractivity contribution is 5.78. The molecule has 8 heteroatoms. The molecule has 0 spiro atoms. The number of aliphatic carboxylic acids is 1. The molecule has 0 aromatic heterocycles. The summed E-state index contributed by atoms with van der Waals surface area (Å²) in [6.45, 7) is 1.56. The summed E-state index contributed by atoms with van der Waals surface area (Å²) in [7, 11) is 0. The Morgan fingerprint density at radius 2 is 2.18 bits per heavy atom. The zero-order valence-corrected chi connectivity index (χ0v) is 12.2. The smallest absolute Gasteiger partial charge is 0.308 e. The van der Waals surface area contributed by atoms with Crippen molar-refractivity contribution in [2.75, 3.05) is 13.2 Å². The normalized spacial score (nSPS) is 11.5. The molecule has 0 heterocycles. The standard InChI is InChI=1S/C14H18N2O6/c1-2-4-10(14(18)19)8-15-13(17)9-22-12-6-3-5-11(7-12)16(20)21/h3,5-7,10H,2,4,8-9H2,1H3,(H,15,17)(H,18,19). The second-order valence-corrected chi connectivity index (χ2v) is 4.67. The van der Waals surface area contributed by atoms with Crippen molar-refractivity contribution in [3.63, 3.8) is 0 Å². The Bertz CT molecular complexity index is 546. The van der Waals surface area contributed by atoms with Gasteiger partial charge in [0, 0.05) is 12.6 Å². The molecule has 1 aromatic rings. The summed E-state index contributed by atoms with van der Waals surface area (Å²) in [5, 5.41) is 22.0. The molecule has 0 aliphatic carbocycles. The van der Waals surface area contributed by atoms with Crippen LogP contribution in [0.3, 0.4) is 0 Å². The van der Waals surface area contributed by atoms with Crippen molar-refractivity contribution in [1.29, 1.82) is 0 Å². The number of nitrogens with zero attached hydrogens (tertiary/aromatic N) is 1. The monoisotopic (exact) mass is 310 g/mol. The summed E-state index contributed by atoms with van der Waals surface area (Å²) in [6.07, 6.45) is 1.18. The number of non-ortho nitro benzene ring substituents is 1. The van der Waals surface area contributed by atoms with Crippen LogP contribution >= 0.6 is 0 Å². The van der Waals surface area contributed by atoms with E-state index < -0.39 is 22.7 Å². The van der Waals surface area contributed by atoms with Crippen LogP contribution in [0.2, 0.25) is 0 Å². The van der Waals surface area contributed by atoms with Gasteiger partial charge < -0.3 is 15.2 Å². The highest BCUT2D eigenvalue weighted by atomic mass is 16.6. The van der Waals surface area contributed by atoms with Gasteiger partial charge in [-0.3, -0.25) is 19.7 Å². The van der Waals surface area contributed by atoms with Gasteiger partial charge in [0.1, 0.15) is 5.75 Å². The third-order valence-corrected chi connectivity index (χ3v) is 2.93. The SMILES string of the molecule is CCCC(CNC(=O)COc1cccc([N+](=O)[O-])c1)C(=O)O. The van der Waals surface area contributed by atoms with E-state index >= 15 is 0 Å². The zero-order chi connectivity index (χ0) is 16.5. The molecule has 0 saturated carbocycles. The molecule has 2 N–H and O–H groups in total. The fourth-order valence-corrected chi connectivity index (χ4v) is 1.79. The number of benzene rings is 1. The predicted octanol–water partition coefficient (Wildman–Crippen LogP) is 1.59. The fourth-order valence-electron chi connectivity index (χ4n) is 1.79. The van der Waals surface area contributed by atoms with Crippen molar-refractivity contribution in [3.8, 4) is 5.75 Å². The van der Waals surface area contributed by atoms with Gasteiger partial charge in [0.05, 0.1) is 16.9 Å². The van der Waals surface area contributed by atoms with Gasteiger partial charge in [0.25, 0.3) is 11.6 Å². The van der Waals surface area contributed by atoms with E-state index in [9.17, 15) is 19.7 Å². The van der Waals surface area contributed by atoms with Gasteiger partial charge in [-0.25, -0.2) is 0 Å². The van der Waals surface area contributed by atoms with Crippen molar-refractivity contribution in [1.82, 2.24) is 5.32 Å². The van der Waals surface area contributed by atoms with Gasteiger partial charge in [0.15, 0.2) is 6.61 Å². The summed E-state index contributed by atoms with van der Waals surface area (Å²) in [5.74, 6) is -1.87. The molecule has 1 unspecified atom stereocenters. The highest BCUT2D eigenvalue weighted by Crippen LogP contribution is 2.18. The summed E-state index contributed by atoms with van der Waals surface area (Å²) < 4.78 is 5.15. The lowest BCUT2D eigenvalue weighted by Crippen LogP contribution is -2.35. The lowest BCUT2D eigenvalue weighted by Gasteiger charge is -2.12. The lowest BCUT2D eigenvalue weighted by atomic mass is 10.0. The van der Waals surface area contributed by atoms with Crippen LogP contribution in [0.15, 0.2) is 24.3 Å². The van der Waals surface area contributed by atoms with E-state index in [4.69, 9.17) is 9.84 Å². The van der Waals surface area contributed by atoms with Crippen molar-refractivity contribution in [2.45, 2.75) is 19.8 Å². The minimum Gasteiger partial charge on any atom is -0.484 e. The average Bonchev–Trinajstić information content (AvgIpc) is 2.49. The minimum absolute atomic E-state index is 0.0281. The van der Waals surface area contributed by atoms with Crippen LogP contribution in [0.1, 0.15) is 19.8 Å². The van der Waals surface area contributed by atoms with Gasteiger partial charge in [0.2, 0.25) is 0 Å². The Labute approximate surface area is 127 Å². The maximum atomic E-state index is 11.6. The first-order valence-corrected chi connectivity index (χ1v) is 6.80. The summed E-state index contributed by atoms with van der Waals surface area (Å²) in [4.78, 5) is 32.6. The van der Waals surface area contributed by atoms with E-state index in [0.717, 1.165) is 0 Å². The minimum atomic E-state index is -0.957. The van der Waals surface area contributed by atoms with Crippen molar-refractivity contribution < 1.29 is 24.4 Å². The molecule has 8 nitrogen and oxygen atoms in total. The van der Waals surface area contributed by atoms with Crippen LogP contribution in [-0.2, 0) is 9.59 Å². The second-order valence-electron chi connectivity index (χ2n) is 4.67. The molecule has 0 bridgehead atoms. The number of rotatable bonds is 9. The summed E-state index contributed by atoms with van der Waals surface area (Å²) in [5.41, 5.74) is -0.133. The topological polar surface area (TPSA) is 119 Å². The Morgan fingerprint density at radius 3 is 2.77 bits per heavy atom. The van der Waals surface area contributed by atoms with E-state index in [2.05, 4.69) is 5.32 Å². The Hall–Kier alpha value is -2.64. The number of nitro groups is 1. The summed E-state index contributed by atoms with van der Waals surface area (Å²) >= 11 is 0. The molecule has 0 radical (unpaired) electrons. The molecule has 0 saturated heterocycles. The molecule has 22 heavy (non-hydrogen) atoms. The predicted molar refractivity (Wildman–Crippen MR) is 77.6 cm³/mol. The van der Waals surface area contributed by atoms with E-state index in [1.807, 2.05) is 6.92 Å². The zero-order valence-electron chi connectivity index (χ0n) is 12.2. The van der Waals surface area contributed by atoms with Crippen LogP contribution < -0.4 is 10.1 Å². The number of carboxylic acid groups (broad SMARTS) is 1. The number of amides is 1. The van der Waals surface area contributed by atoms with Crippen LogP contribution in [0, 0.1) is 16.0 Å². The number of carboxylic acids is 1. The molecular formula is C14H18N2O6. The van der Waals surface area contributed by atoms with Crippen LogP contribution in [-0.4, -0.2) is 35.1 Å². The molecule has 0 fully saturated rings. The molecule has 1 amide bonds. The van der Waals surface area contributed by atoms with Crippen molar-refractivity contribution in [2.24, 2.45) is 5.92 Å². The number of hydrogen-bond acceptors (Lipinski definition) is 5. The van der Waals surface area contributed by atoms with Gasteiger partial charge in [-0.2, -0.15) is 0 Å². The third kappa shape index (κ3) is 5.78. The van der Waals surface area contributed by atoms with Crippen molar-refractivity contribution >= 4 is 17.6 Å². The first-order valence-electron chi connectivity index (χ1n) is 6.80. The lowest BCUT2D eigenvalue weighted by molar-refractivity contribution is -0.384. The summed E-state index contributed by atoms with van der Waals surface area (Å²) in [6, 6.07) is 5.48. The molecular weight excluding hydrogens is 292 g/mol. The number of nitrogens with one attached hydrogen (secondary N) is 1. The number of hydrogen-bond donors (Lipinski definition) is 2. The third-order valence-electron chi connectivity index (χ3n) is 2.93. The van der Waals surface area contributed by atoms with Crippen molar-refractivity contribution in [3.05, 3.63) is 34.4 Å². The number of ether oxygens (including phenoxy) is 1. The fraction of sp³-hybridized carbons (Fsp3) is 0.429. The van der Waals surface area contributed by atoms with E-state index in [1.54, 1.807) is 0 Å². The number of nitro benzene ring substituents is 1. The molecule has 1 atom stereocenters. The average molecular weight is 310 g/mol. The Morgan fingerprint density at radius 1 is 1.45 bits per heavy atom. The Balaban J connectivity index is 2.44. The second kappa shape index (κ2) is 8.60. The van der Waals surface area contributed by atoms with Gasteiger partial charge >= 0.3 is 5.97 Å². The van der Waals surface area contributed by atoms with Gasteiger partial charge in [-0.1, -0.05) is 19.4 Å². The first kappa shape index (κ1) is 17.4. The van der Waals surface area contributed by atoms with Gasteiger partial charge in [-0.05, 0) is 12.5 Å². The number of carbonyl (C=O) groups excluding carboxylic acids is 1. The Kier molecular flexibility index (Phi) is 6.81. The first-order chi connectivity index (χ1) is 10.4. The maximum Gasteiger partial charge on any atom is 0.308 e. The highest BCUT2D eigenvalue weighted by Gasteiger charge is 2.17. The number of carbonyl (C=O) groups is 2. The maximum absolute atomic E-state index is 11.6. The van der Waals surface area contributed by atoms with E-state index in [-0.39, 0.29) is 24.6 Å². The van der Waals surface area contributed by atoms with E-state index in [0.29, 0.717) is 12.8 Å². The van der Waals surface area contributed by atoms with Crippen LogP contribution in [0.25, 0.3) is 0 Å². The van der Waals surface area contributed by atoms with Gasteiger partial charge in [-0.15, -0.1) is 0 Å². The largest absolute Gasteiger partial charge is 0.484 e. The van der Waals surface area contributed by atoms with Crippen LogP contribution in [0.4, 0.5) is 5.69 Å². The molecule has 0 aliphatic rings. The molecule has 1 aromatic carbocycles.